The number of carbonyl (C=O) groups is 2. The number of nitrogens with zero attached hydrogens (tertiary/aromatic N) is 2. The van der Waals surface area contributed by atoms with Crippen LogP contribution in [0, 0.1) is 0 Å². The monoisotopic (exact) mass is 304 g/mol. The van der Waals surface area contributed by atoms with Crippen molar-refractivity contribution < 1.29 is 19.1 Å². The van der Waals surface area contributed by atoms with Gasteiger partial charge in [0.25, 0.3) is 0 Å². The van der Waals surface area contributed by atoms with E-state index in [1.54, 1.807) is 47.8 Å². The van der Waals surface area contributed by atoms with Crippen molar-refractivity contribution in [2.75, 3.05) is 13.3 Å². The first-order valence-electron chi connectivity index (χ1n) is 6.18. The largest absolute Gasteiger partial charge is 0.443 e. The van der Waals surface area contributed by atoms with Crippen molar-refractivity contribution in [2.24, 2.45) is 4.99 Å². The molecule has 0 aromatic heterocycles. The molecule has 0 aliphatic rings. The van der Waals surface area contributed by atoms with E-state index >= 15 is 0 Å². The Balaban J connectivity index is 4.90. The molecule has 116 valence electrons. The second-order valence-electron chi connectivity index (χ2n) is 6.12. The van der Waals surface area contributed by atoms with Crippen LogP contribution in [0.25, 0.3) is 0 Å². The van der Waals surface area contributed by atoms with Crippen LogP contribution in [0.5, 0.6) is 0 Å². The highest BCUT2D eigenvalue weighted by Gasteiger charge is 2.24. The minimum atomic E-state index is -0.739. The summed E-state index contributed by atoms with van der Waals surface area (Å²) in [6.45, 7) is 10.5. The zero-order chi connectivity index (χ0) is 16.1. The topological polar surface area (TPSA) is 68.2 Å². The summed E-state index contributed by atoms with van der Waals surface area (Å²) >= 11 is 1.16. The van der Waals surface area contributed by atoms with E-state index in [1.165, 1.54) is 11.9 Å². The fourth-order valence-corrected chi connectivity index (χ4v) is 1.54. The third-order valence-electron chi connectivity index (χ3n) is 1.72. The van der Waals surface area contributed by atoms with E-state index in [-0.39, 0.29) is 5.17 Å². The van der Waals surface area contributed by atoms with Crippen LogP contribution in [0.2, 0.25) is 0 Å². The Hall–Kier alpha value is -1.24. The lowest BCUT2D eigenvalue weighted by molar-refractivity contribution is 0.0405. The number of hydrogen-bond donors (Lipinski definition) is 0. The van der Waals surface area contributed by atoms with Crippen LogP contribution in [0.1, 0.15) is 41.5 Å². The molecule has 0 aliphatic carbocycles. The zero-order valence-corrected chi connectivity index (χ0v) is 14.3. The summed E-state index contributed by atoms with van der Waals surface area (Å²) in [5.74, 6) is 0. The van der Waals surface area contributed by atoms with Crippen LogP contribution in [0.15, 0.2) is 4.99 Å². The molecule has 0 rings (SSSR count). The van der Waals surface area contributed by atoms with E-state index in [0.29, 0.717) is 0 Å². The molecular weight excluding hydrogens is 280 g/mol. The first-order chi connectivity index (χ1) is 8.85. The third-order valence-corrected chi connectivity index (χ3v) is 2.45. The molecule has 20 heavy (non-hydrogen) atoms. The molecule has 0 atom stereocenters. The van der Waals surface area contributed by atoms with Gasteiger partial charge in [0.05, 0.1) is 0 Å². The Morgan fingerprint density at radius 3 is 1.80 bits per heavy atom. The second-order valence-corrected chi connectivity index (χ2v) is 6.89. The van der Waals surface area contributed by atoms with Gasteiger partial charge in [-0.2, -0.15) is 4.99 Å². The standard InChI is InChI=1S/C13H24N2O4S/c1-12(2,3)18-10(16)14-9(20-8)15(7)11(17)19-13(4,5)6/h1-8H3/b14-9-. The molecule has 0 saturated carbocycles. The highest BCUT2D eigenvalue weighted by atomic mass is 32.2. The Labute approximate surface area is 124 Å². The van der Waals surface area contributed by atoms with Gasteiger partial charge in [-0.15, -0.1) is 0 Å². The maximum absolute atomic E-state index is 11.9. The number of rotatable bonds is 0. The Morgan fingerprint density at radius 1 is 1.00 bits per heavy atom. The molecule has 0 aromatic carbocycles. The number of amidine groups is 1. The van der Waals surface area contributed by atoms with Crippen LogP contribution >= 0.6 is 11.8 Å². The molecule has 0 heterocycles. The molecule has 0 N–H and O–H groups in total. The van der Waals surface area contributed by atoms with E-state index in [1.807, 2.05) is 0 Å². The summed E-state index contributed by atoms with van der Waals surface area (Å²) in [6.07, 6.45) is 0.399. The predicted octanol–water partition coefficient (Wildman–Crippen LogP) is 3.51. The minimum absolute atomic E-state index is 0.216. The van der Waals surface area contributed by atoms with Crippen molar-refractivity contribution in [3.8, 4) is 0 Å². The molecule has 0 aromatic rings. The van der Waals surface area contributed by atoms with E-state index < -0.39 is 23.4 Å². The number of amides is 2. The van der Waals surface area contributed by atoms with Crippen LogP contribution < -0.4 is 0 Å². The van der Waals surface area contributed by atoms with E-state index in [9.17, 15) is 9.59 Å². The Kier molecular flexibility index (Phi) is 6.53. The summed E-state index contributed by atoms with van der Waals surface area (Å²) in [5.41, 5.74) is -1.24. The number of thioether (sulfide) groups is 1. The minimum Gasteiger partial charge on any atom is -0.443 e. The number of ether oxygens (including phenoxy) is 2. The summed E-state index contributed by atoms with van der Waals surface area (Å²) in [6, 6.07) is 0. The molecule has 0 bridgehead atoms. The highest BCUT2D eigenvalue weighted by molar-refractivity contribution is 8.13. The Bertz CT molecular complexity index is 394. The van der Waals surface area contributed by atoms with Gasteiger partial charge in [0.2, 0.25) is 0 Å². The Morgan fingerprint density at radius 2 is 1.45 bits per heavy atom. The lowest BCUT2D eigenvalue weighted by Crippen LogP contribution is -2.37. The van der Waals surface area contributed by atoms with Crippen molar-refractivity contribution >= 4 is 29.1 Å². The number of aliphatic imine (C=N–C) groups is 1. The zero-order valence-electron chi connectivity index (χ0n) is 13.4. The first kappa shape index (κ1) is 18.8. The van der Waals surface area contributed by atoms with Gasteiger partial charge in [-0.25, -0.2) is 9.59 Å². The van der Waals surface area contributed by atoms with E-state index in [4.69, 9.17) is 9.47 Å². The van der Waals surface area contributed by atoms with Gasteiger partial charge in [0, 0.05) is 7.05 Å². The van der Waals surface area contributed by atoms with Gasteiger partial charge in [-0.1, -0.05) is 11.8 Å². The summed E-state index contributed by atoms with van der Waals surface area (Å²) < 4.78 is 10.3. The molecule has 6 nitrogen and oxygen atoms in total. The molecule has 7 heteroatoms. The molecule has 0 aliphatic heterocycles. The van der Waals surface area contributed by atoms with Crippen LogP contribution in [-0.4, -0.2) is 46.8 Å². The summed E-state index contributed by atoms with van der Waals surface area (Å²) in [5, 5.41) is 0.216. The maximum Gasteiger partial charge on any atom is 0.436 e. The molecule has 0 unspecified atom stereocenters. The SMILES string of the molecule is CS/C(=N\C(=O)OC(C)(C)C)N(C)C(=O)OC(C)(C)C. The van der Waals surface area contributed by atoms with Gasteiger partial charge in [0.15, 0.2) is 5.17 Å². The van der Waals surface area contributed by atoms with Gasteiger partial charge < -0.3 is 9.47 Å². The van der Waals surface area contributed by atoms with Gasteiger partial charge in [-0.3, -0.25) is 4.90 Å². The lowest BCUT2D eigenvalue weighted by atomic mass is 10.2. The van der Waals surface area contributed by atoms with E-state index in [0.717, 1.165) is 11.8 Å². The van der Waals surface area contributed by atoms with Crippen LogP contribution in [-0.2, 0) is 9.47 Å². The highest BCUT2D eigenvalue weighted by Crippen LogP contribution is 2.14. The van der Waals surface area contributed by atoms with Gasteiger partial charge in [0.1, 0.15) is 11.2 Å². The number of hydrogen-bond acceptors (Lipinski definition) is 5. The predicted molar refractivity (Wildman–Crippen MR) is 81.2 cm³/mol. The normalized spacial score (nSPS) is 12.9. The molecule has 0 fully saturated rings. The van der Waals surface area contributed by atoms with Crippen molar-refractivity contribution in [3.63, 3.8) is 0 Å². The lowest BCUT2D eigenvalue weighted by Gasteiger charge is -2.24. The van der Waals surface area contributed by atoms with Crippen molar-refractivity contribution in [1.29, 1.82) is 0 Å². The maximum atomic E-state index is 11.9. The van der Waals surface area contributed by atoms with Crippen molar-refractivity contribution in [3.05, 3.63) is 0 Å². The van der Waals surface area contributed by atoms with Crippen molar-refractivity contribution in [1.82, 2.24) is 4.90 Å². The third kappa shape index (κ3) is 8.04. The molecule has 0 spiro atoms. The van der Waals surface area contributed by atoms with Crippen LogP contribution in [0.3, 0.4) is 0 Å². The second kappa shape index (κ2) is 6.97. The summed E-state index contributed by atoms with van der Waals surface area (Å²) in [7, 11) is 1.49. The first-order valence-corrected chi connectivity index (χ1v) is 7.40. The van der Waals surface area contributed by atoms with Crippen LogP contribution in [0.4, 0.5) is 9.59 Å². The molecule has 0 radical (unpaired) electrons. The fraction of sp³-hybridized carbons (Fsp3) is 0.769. The van der Waals surface area contributed by atoms with Gasteiger partial charge in [-0.05, 0) is 47.8 Å². The molecular formula is C13H24N2O4S. The average Bonchev–Trinajstić information content (AvgIpc) is 2.19. The number of carbonyl (C=O) groups excluding carboxylic acids is 2. The van der Waals surface area contributed by atoms with E-state index in [2.05, 4.69) is 4.99 Å². The molecule has 0 saturated heterocycles. The van der Waals surface area contributed by atoms with Gasteiger partial charge >= 0.3 is 12.2 Å². The summed E-state index contributed by atoms with van der Waals surface area (Å²) in [4.78, 5) is 28.5. The van der Waals surface area contributed by atoms with Crippen molar-refractivity contribution in [2.45, 2.75) is 52.7 Å². The average molecular weight is 304 g/mol. The smallest absolute Gasteiger partial charge is 0.436 e. The molecule has 2 amide bonds. The fourth-order valence-electron chi connectivity index (χ4n) is 1.03. The quantitative estimate of drug-likeness (QED) is 0.506.